The van der Waals surface area contributed by atoms with E-state index in [0.717, 1.165) is 22.9 Å². The third-order valence-corrected chi connectivity index (χ3v) is 8.80. The van der Waals surface area contributed by atoms with Crippen molar-refractivity contribution in [3.8, 4) is 5.75 Å². The van der Waals surface area contributed by atoms with Crippen molar-refractivity contribution in [3.63, 3.8) is 0 Å². The molecule has 0 bridgehead atoms. The maximum absolute atomic E-state index is 15.3. The number of nitrogens with zero attached hydrogens (tertiary/aromatic N) is 3. The van der Waals surface area contributed by atoms with Crippen molar-refractivity contribution in [1.82, 2.24) is 9.58 Å². The number of aromatic nitrogens is 1. The number of esters is 1. The lowest BCUT2D eigenvalue weighted by atomic mass is 9.90. The Morgan fingerprint density at radius 3 is 2.67 bits per heavy atom. The first-order valence-corrected chi connectivity index (χ1v) is 14.0. The molecular formula is C29H27F2N3O5S. The fourth-order valence-electron chi connectivity index (χ4n) is 5.87. The van der Waals surface area contributed by atoms with E-state index in [-0.39, 0.29) is 34.6 Å². The zero-order chi connectivity index (χ0) is 28.1. The van der Waals surface area contributed by atoms with Gasteiger partial charge in [0, 0.05) is 41.9 Å². The summed E-state index contributed by atoms with van der Waals surface area (Å²) >= 11 is 1.43. The quantitative estimate of drug-likeness (QED) is 0.338. The topological polar surface area (TPSA) is 81.1 Å². The Morgan fingerprint density at radius 1 is 1.07 bits per heavy atom. The standard InChI is InChI=1S/C29H27F2N3O5S/c1-16-7-10-24-32(13-16)29(37)27-28(39-15-38-17(2)35)22(36)11-12-33(27)34(24)26-18-8-9-21(30)25(31)20(18)14-40-23-6-4-3-5-19(23)26/h3-6,8-9,11-12,16,24,26H,7,10,13-15H2,1-2H3/t16-,24-,26+/m1/s1. The van der Waals surface area contributed by atoms with E-state index < -0.39 is 42.0 Å². The summed E-state index contributed by atoms with van der Waals surface area (Å²) in [6.45, 7) is 3.18. The number of ether oxygens (including phenoxy) is 2. The van der Waals surface area contributed by atoms with Crippen molar-refractivity contribution in [2.24, 2.45) is 5.92 Å². The first-order chi connectivity index (χ1) is 19.3. The Kier molecular flexibility index (Phi) is 6.77. The number of amides is 1. The molecule has 1 fully saturated rings. The Bertz CT molecular complexity index is 1580. The van der Waals surface area contributed by atoms with E-state index in [4.69, 9.17) is 9.47 Å². The molecule has 1 saturated heterocycles. The molecule has 0 unspecified atom stereocenters. The van der Waals surface area contributed by atoms with Crippen molar-refractivity contribution >= 4 is 23.6 Å². The van der Waals surface area contributed by atoms with Crippen LogP contribution in [0.5, 0.6) is 5.75 Å². The fraction of sp³-hybridized carbons (Fsp3) is 0.345. The maximum atomic E-state index is 15.3. The summed E-state index contributed by atoms with van der Waals surface area (Å²) in [5.41, 5.74) is 1.16. The van der Waals surface area contributed by atoms with Crippen LogP contribution in [-0.4, -0.2) is 41.0 Å². The second kappa shape index (κ2) is 10.3. The predicted molar refractivity (Wildman–Crippen MR) is 144 cm³/mol. The van der Waals surface area contributed by atoms with Crippen LogP contribution in [0.4, 0.5) is 8.78 Å². The Labute approximate surface area is 233 Å². The minimum Gasteiger partial charge on any atom is -0.451 e. The summed E-state index contributed by atoms with van der Waals surface area (Å²) in [7, 11) is 0. The Hall–Kier alpha value is -3.86. The number of carbonyl (C=O) groups is 2. The van der Waals surface area contributed by atoms with Crippen LogP contribution in [0.15, 0.2) is 58.4 Å². The number of thioether (sulfide) groups is 1. The SMILES string of the molecule is CC(=O)OCOc1c2n(ccc1=O)N([C@@H]1c3ccccc3SCc3c1ccc(F)c3F)[C@@H]1CC[C@@H](C)CN1C2=O. The van der Waals surface area contributed by atoms with E-state index in [1.54, 1.807) is 15.6 Å². The molecule has 3 aromatic rings. The molecule has 1 amide bonds. The molecule has 3 aliphatic heterocycles. The van der Waals surface area contributed by atoms with Crippen LogP contribution in [-0.2, 0) is 15.3 Å². The molecule has 0 radical (unpaired) electrons. The average molecular weight is 568 g/mol. The van der Waals surface area contributed by atoms with Gasteiger partial charge in [-0.1, -0.05) is 31.2 Å². The van der Waals surface area contributed by atoms with Crippen LogP contribution < -0.4 is 15.2 Å². The van der Waals surface area contributed by atoms with Gasteiger partial charge in [0.1, 0.15) is 6.17 Å². The normalized spacial score (nSPS) is 21.5. The van der Waals surface area contributed by atoms with Gasteiger partial charge in [0.25, 0.3) is 5.91 Å². The van der Waals surface area contributed by atoms with Gasteiger partial charge in [-0.25, -0.2) is 8.78 Å². The summed E-state index contributed by atoms with van der Waals surface area (Å²) in [6, 6.07) is 11.1. The van der Waals surface area contributed by atoms with Gasteiger partial charge in [-0.05, 0) is 42.0 Å². The molecule has 11 heteroatoms. The lowest BCUT2D eigenvalue weighted by molar-refractivity contribution is -0.147. The molecule has 0 spiro atoms. The van der Waals surface area contributed by atoms with Gasteiger partial charge in [-0.2, -0.15) is 0 Å². The van der Waals surface area contributed by atoms with Crippen LogP contribution in [0.1, 0.15) is 59.9 Å². The van der Waals surface area contributed by atoms with Gasteiger partial charge in [0.05, 0.1) is 6.04 Å². The highest BCUT2D eigenvalue weighted by molar-refractivity contribution is 7.98. The third kappa shape index (κ3) is 4.32. The van der Waals surface area contributed by atoms with Crippen molar-refractivity contribution in [2.75, 3.05) is 18.3 Å². The lowest BCUT2D eigenvalue weighted by Gasteiger charge is -2.53. The number of benzene rings is 2. The summed E-state index contributed by atoms with van der Waals surface area (Å²) < 4.78 is 41.9. The van der Waals surface area contributed by atoms with E-state index in [2.05, 4.69) is 6.92 Å². The van der Waals surface area contributed by atoms with E-state index in [1.165, 1.54) is 30.9 Å². The van der Waals surface area contributed by atoms with Crippen LogP contribution in [0, 0.1) is 17.6 Å². The minimum atomic E-state index is -0.920. The second-order valence-corrected chi connectivity index (χ2v) is 11.3. The molecule has 4 heterocycles. The molecule has 0 N–H and O–H groups in total. The number of piperidine rings is 1. The predicted octanol–water partition coefficient (Wildman–Crippen LogP) is 4.57. The fourth-order valence-corrected chi connectivity index (χ4v) is 6.98. The molecule has 8 nitrogen and oxygen atoms in total. The highest BCUT2D eigenvalue weighted by Crippen LogP contribution is 2.46. The molecular weight excluding hydrogens is 540 g/mol. The van der Waals surface area contributed by atoms with Crippen LogP contribution in [0.25, 0.3) is 0 Å². The molecule has 40 heavy (non-hydrogen) atoms. The number of hydrogen-bond acceptors (Lipinski definition) is 7. The van der Waals surface area contributed by atoms with Gasteiger partial charge >= 0.3 is 5.97 Å². The smallest absolute Gasteiger partial charge is 0.305 e. The number of hydrogen-bond donors (Lipinski definition) is 0. The summed E-state index contributed by atoms with van der Waals surface area (Å²) in [6.07, 6.45) is 2.57. The van der Waals surface area contributed by atoms with Gasteiger partial charge in [-0.3, -0.25) is 24.1 Å². The van der Waals surface area contributed by atoms with E-state index in [9.17, 15) is 18.8 Å². The first kappa shape index (κ1) is 26.4. The van der Waals surface area contributed by atoms with E-state index in [1.807, 2.05) is 29.3 Å². The highest BCUT2D eigenvalue weighted by atomic mass is 32.2. The van der Waals surface area contributed by atoms with Gasteiger partial charge in [-0.15, -0.1) is 11.8 Å². The van der Waals surface area contributed by atoms with Gasteiger partial charge in [0.2, 0.25) is 18.0 Å². The zero-order valence-corrected chi connectivity index (χ0v) is 22.7. The van der Waals surface area contributed by atoms with Gasteiger partial charge in [0.15, 0.2) is 17.3 Å². The molecule has 0 saturated carbocycles. The number of pyridine rings is 1. The summed E-state index contributed by atoms with van der Waals surface area (Å²) in [5, 5.41) is 1.97. The molecule has 3 aliphatic rings. The largest absolute Gasteiger partial charge is 0.451 e. The van der Waals surface area contributed by atoms with Crippen molar-refractivity contribution < 1.29 is 27.8 Å². The lowest BCUT2D eigenvalue weighted by Crippen LogP contribution is -2.64. The van der Waals surface area contributed by atoms with E-state index in [0.29, 0.717) is 18.5 Å². The Balaban J connectivity index is 1.61. The first-order valence-electron chi connectivity index (χ1n) is 13.1. The zero-order valence-electron chi connectivity index (χ0n) is 21.9. The van der Waals surface area contributed by atoms with Crippen LogP contribution in [0.2, 0.25) is 0 Å². The Morgan fingerprint density at radius 2 is 1.88 bits per heavy atom. The van der Waals surface area contributed by atoms with E-state index >= 15 is 4.39 Å². The molecule has 2 aromatic carbocycles. The van der Waals surface area contributed by atoms with Crippen molar-refractivity contribution in [2.45, 2.75) is 49.5 Å². The third-order valence-electron chi connectivity index (χ3n) is 7.68. The average Bonchev–Trinajstić information content (AvgIpc) is 3.10. The molecule has 3 atom stereocenters. The van der Waals surface area contributed by atoms with Gasteiger partial charge < -0.3 is 14.4 Å². The molecule has 6 rings (SSSR count). The summed E-state index contributed by atoms with van der Waals surface area (Å²) in [4.78, 5) is 41.0. The number of halogens is 2. The highest BCUT2D eigenvalue weighted by Gasteiger charge is 2.46. The number of rotatable bonds is 4. The number of fused-ring (bicyclic) bond motifs is 4. The molecule has 208 valence electrons. The van der Waals surface area contributed by atoms with Crippen LogP contribution >= 0.6 is 11.8 Å². The summed E-state index contributed by atoms with van der Waals surface area (Å²) in [5.74, 6) is -2.58. The minimum absolute atomic E-state index is 0.0106. The van der Waals surface area contributed by atoms with Crippen LogP contribution in [0.3, 0.4) is 0 Å². The molecule has 1 aromatic heterocycles. The number of carbonyl (C=O) groups excluding carboxylic acids is 2. The molecule has 0 aliphatic carbocycles. The van der Waals surface area contributed by atoms with Crippen molar-refractivity contribution in [1.29, 1.82) is 0 Å². The van der Waals surface area contributed by atoms with Crippen molar-refractivity contribution in [3.05, 3.63) is 92.9 Å². The monoisotopic (exact) mass is 567 g/mol. The second-order valence-electron chi connectivity index (χ2n) is 10.3. The maximum Gasteiger partial charge on any atom is 0.305 e.